The van der Waals surface area contributed by atoms with Gasteiger partial charge >= 0.3 is 0 Å². The number of nitrogens with two attached hydrogens (primary N) is 1. The van der Waals surface area contributed by atoms with Crippen molar-refractivity contribution in [1.82, 2.24) is 4.57 Å². The van der Waals surface area contributed by atoms with Gasteiger partial charge in [-0.05, 0) is 31.0 Å². The van der Waals surface area contributed by atoms with Crippen LogP contribution >= 0.6 is 23.2 Å². The number of aryl methyl sites for hydroxylation is 2. The maximum atomic E-state index is 6.34. The molecule has 2 N–H and O–H groups in total. The zero-order chi connectivity index (χ0) is 13.1. The molecule has 0 aliphatic heterocycles. The van der Waals surface area contributed by atoms with Crippen molar-refractivity contribution in [3.8, 4) is 0 Å². The fourth-order valence-electron chi connectivity index (χ4n) is 2.31. The molecular weight excluding hydrogens is 267 g/mol. The maximum Gasteiger partial charge on any atom is 0.0835 e. The molecule has 1 heterocycles. The van der Waals surface area contributed by atoms with Crippen molar-refractivity contribution in [2.45, 2.75) is 32.7 Å². The average Bonchev–Trinajstić information content (AvgIpc) is 2.71. The molecule has 0 spiro atoms. The predicted molar refractivity (Wildman–Crippen MR) is 79.6 cm³/mol. The Morgan fingerprint density at radius 1 is 1.28 bits per heavy atom. The SMILES string of the molecule is CCCc1cn(CCCN)c2c(Cl)c(Cl)ccc12. The van der Waals surface area contributed by atoms with Crippen LogP contribution in [0.3, 0.4) is 0 Å². The second-order valence-electron chi connectivity index (χ2n) is 4.50. The van der Waals surface area contributed by atoms with E-state index in [1.807, 2.05) is 6.07 Å². The zero-order valence-corrected chi connectivity index (χ0v) is 12.1. The molecule has 2 rings (SSSR count). The first-order valence-corrected chi connectivity index (χ1v) is 7.10. The van der Waals surface area contributed by atoms with Gasteiger partial charge < -0.3 is 10.3 Å². The lowest BCUT2D eigenvalue weighted by Crippen LogP contribution is -2.05. The first kappa shape index (κ1) is 13.7. The van der Waals surface area contributed by atoms with E-state index in [1.165, 1.54) is 10.9 Å². The summed E-state index contributed by atoms with van der Waals surface area (Å²) in [4.78, 5) is 0. The lowest BCUT2D eigenvalue weighted by atomic mass is 10.1. The van der Waals surface area contributed by atoms with E-state index in [2.05, 4.69) is 23.8 Å². The molecule has 0 amide bonds. The minimum absolute atomic E-state index is 0.610. The second kappa shape index (κ2) is 5.96. The summed E-state index contributed by atoms with van der Waals surface area (Å²) in [5.74, 6) is 0. The molecule has 2 aromatic rings. The van der Waals surface area contributed by atoms with Gasteiger partial charge in [0.25, 0.3) is 0 Å². The third-order valence-corrected chi connectivity index (χ3v) is 3.93. The van der Waals surface area contributed by atoms with Crippen LogP contribution in [0.1, 0.15) is 25.3 Å². The van der Waals surface area contributed by atoms with Gasteiger partial charge in [-0.1, -0.05) is 42.6 Å². The highest BCUT2D eigenvalue weighted by Gasteiger charge is 2.13. The Kier molecular flexibility index (Phi) is 4.55. The average molecular weight is 285 g/mol. The van der Waals surface area contributed by atoms with E-state index in [0.717, 1.165) is 31.3 Å². The van der Waals surface area contributed by atoms with Crippen LogP contribution in [-0.4, -0.2) is 11.1 Å². The van der Waals surface area contributed by atoms with Gasteiger partial charge in [-0.3, -0.25) is 0 Å². The molecule has 4 heteroatoms. The van der Waals surface area contributed by atoms with E-state index in [-0.39, 0.29) is 0 Å². The van der Waals surface area contributed by atoms with Gasteiger partial charge in [0.2, 0.25) is 0 Å². The molecule has 0 fully saturated rings. The van der Waals surface area contributed by atoms with Crippen LogP contribution in [0.25, 0.3) is 10.9 Å². The molecular formula is C14H18Cl2N2. The summed E-state index contributed by atoms with van der Waals surface area (Å²) in [6, 6.07) is 3.94. The quantitative estimate of drug-likeness (QED) is 0.874. The Morgan fingerprint density at radius 3 is 2.72 bits per heavy atom. The van der Waals surface area contributed by atoms with Crippen molar-refractivity contribution in [3.63, 3.8) is 0 Å². The molecule has 98 valence electrons. The van der Waals surface area contributed by atoms with Crippen molar-refractivity contribution < 1.29 is 0 Å². The molecule has 0 aliphatic carbocycles. The lowest BCUT2D eigenvalue weighted by molar-refractivity contribution is 0.668. The van der Waals surface area contributed by atoms with Gasteiger partial charge in [0.05, 0.1) is 15.6 Å². The standard InChI is InChI=1S/C14H18Cl2N2/c1-2-4-10-9-18(8-3-7-17)14-11(10)5-6-12(15)13(14)16/h5-6,9H,2-4,7-8,17H2,1H3. The summed E-state index contributed by atoms with van der Waals surface area (Å²) in [6.45, 7) is 3.75. The van der Waals surface area contributed by atoms with E-state index in [4.69, 9.17) is 28.9 Å². The summed E-state index contributed by atoms with van der Waals surface area (Å²) >= 11 is 12.4. The Hall–Kier alpha value is -0.700. The van der Waals surface area contributed by atoms with Crippen molar-refractivity contribution in [2.24, 2.45) is 5.73 Å². The fourth-order valence-corrected chi connectivity index (χ4v) is 2.73. The predicted octanol–water partition coefficient (Wildman–Crippen LogP) is 4.25. The van der Waals surface area contributed by atoms with Crippen LogP contribution < -0.4 is 5.73 Å². The molecule has 0 atom stereocenters. The Labute approximate surface area is 118 Å². The Bertz CT molecular complexity index is 546. The fraction of sp³-hybridized carbons (Fsp3) is 0.429. The van der Waals surface area contributed by atoms with Crippen molar-refractivity contribution in [2.75, 3.05) is 6.54 Å². The Balaban J connectivity index is 2.57. The molecule has 0 unspecified atom stereocenters. The van der Waals surface area contributed by atoms with Gasteiger partial charge in [0.15, 0.2) is 0 Å². The first-order chi connectivity index (χ1) is 8.69. The molecule has 1 aromatic heterocycles. The van der Waals surface area contributed by atoms with E-state index < -0.39 is 0 Å². The monoisotopic (exact) mass is 284 g/mol. The highest BCUT2D eigenvalue weighted by Crippen LogP contribution is 2.34. The molecule has 0 saturated heterocycles. The van der Waals surface area contributed by atoms with Gasteiger partial charge in [0.1, 0.15) is 0 Å². The zero-order valence-electron chi connectivity index (χ0n) is 10.5. The normalized spacial score (nSPS) is 11.3. The third kappa shape index (κ3) is 2.51. The molecule has 0 aliphatic rings. The van der Waals surface area contributed by atoms with Crippen molar-refractivity contribution in [1.29, 1.82) is 0 Å². The molecule has 2 nitrogen and oxygen atoms in total. The molecule has 1 aromatic carbocycles. The van der Waals surface area contributed by atoms with Gasteiger partial charge in [-0.25, -0.2) is 0 Å². The summed E-state index contributed by atoms with van der Waals surface area (Å²) < 4.78 is 2.18. The number of hydrogen-bond acceptors (Lipinski definition) is 1. The highest BCUT2D eigenvalue weighted by atomic mass is 35.5. The van der Waals surface area contributed by atoms with Crippen LogP contribution in [0.2, 0.25) is 10.0 Å². The number of nitrogens with zero attached hydrogens (tertiary/aromatic N) is 1. The van der Waals surface area contributed by atoms with E-state index in [0.29, 0.717) is 16.6 Å². The number of fused-ring (bicyclic) bond motifs is 1. The summed E-state index contributed by atoms with van der Waals surface area (Å²) in [5.41, 5.74) is 7.96. The van der Waals surface area contributed by atoms with Crippen molar-refractivity contribution >= 4 is 34.1 Å². The highest BCUT2D eigenvalue weighted by molar-refractivity contribution is 6.45. The van der Waals surface area contributed by atoms with Gasteiger partial charge in [-0.15, -0.1) is 0 Å². The van der Waals surface area contributed by atoms with Crippen LogP contribution in [-0.2, 0) is 13.0 Å². The smallest absolute Gasteiger partial charge is 0.0835 e. The third-order valence-electron chi connectivity index (χ3n) is 3.14. The van der Waals surface area contributed by atoms with Crippen LogP contribution in [0.4, 0.5) is 0 Å². The van der Waals surface area contributed by atoms with Crippen molar-refractivity contribution in [3.05, 3.63) is 33.9 Å². The van der Waals surface area contributed by atoms with Crippen LogP contribution in [0, 0.1) is 0 Å². The minimum atomic E-state index is 0.610. The molecule has 0 saturated carbocycles. The minimum Gasteiger partial charge on any atom is -0.346 e. The number of benzene rings is 1. The summed E-state index contributed by atoms with van der Waals surface area (Å²) in [7, 11) is 0. The number of hydrogen-bond donors (Lipinski definition) is 1. The lowest BCUT2D eigenvalue weighted by Gasteiger charge is -2.06. The van der Waals surface area contributed by atoms with E-state index >= 15 is 0 Å². The number of aromatic nitrogens is 1. The summed E-state index contributed by atoms with van der Waals surface area (Å²) in [6.07, 6.45) is 5.31. The van der Waals surface area contributed by atoms with Gasteiger partial charge in [0, 0.05) is 18.1 Å². The largest absolute Gasteiger partial charge is 0.346 e. The molecule has 0 radical (unpaired) electrons. The molecule has 18 heavy (non-hydrogen) atoms. The maximum absolute atomic E-state index is 6.34. The van der Waals surface area contributed by atoms with Crippen LogP contribution in [0.15, 0.2) is 18.3 Å². The Morgan fingerprint density at radius 2 is 2.06 bits per heavy atom. The molecule has 0 bridgehead atoms. The number of halogens is 2. The number of rotatable bonds is 5. The second-order valence-corrected chi connectivity index (χ2v) is 5.28. The summed E-state index contributed by atoms with van der Waals surface area (Å²) in [5, 5.41) is 2.47. The van der Waals surface area contributed by atoms with Crippen LogP contribution in [0.5, 0.6) is 0 Å². The first-order valence-electron chi connectivity index (χ1n) is 6.34. The van der Waals surface area contributed by atoms with Gasteiger partial charge in [-0.2, -0.15) is 0 Å². The topological polar surface area (TPSA) is 30.9 Å². The van der Waals surface area contributed by atoms with E-state index in [1.54, 1.807) is 0 Å². The van der Waals surface area contributed by atoms with E-state index in [9.17, 15) is 0 Å².